The Labute approximate surface area is 300 Å². The number of alkyl halides is 3. The van der Waals surface area contributed by atoms with E-state index in [2.05, 4.69) is 19.4 Å². The van der Waals surface area contributed by atoms with Crippen molar-refractivity contribution in [3.05, 3.63) is 36.2 Å². The third-order valence-corrected chi connectivity index (χ3v) is 12.4. The van der Waals surface area contributed by atoms with E-state index in [1.54, 1.807) is 0 Å². The molecule has 52 heavy (non-hydrogen) atoms. The number of nitrogens with zero attached hydrogens (tertiary/aromatic N) is 4. The Kier molecular flexibility index (Phi) is 11.0. The number of thiazole rings is 1. The number of anilines is 2. The normalized spacial score (nSPS) is 19.9. The summed E-state index contributed by atoms with van der Waals surface area (Å²) in [5, 5.41) is 11.4. The predicted molar refractivity (Wildman–Crippen MR) is 180 cm³/mol. The Morgan fingerprint density at radius 2 is 1.81 bits per heavy atom. The van der Waals surface area contributed by atoms with Crippen molar-refractivity contribution in [3.8, 4) is 5.75 Å². The van der Waals surface area contributed by atoms with E-state index in [9.17, 15) is 41.1 Å². The number of carbonyl (C=O) groups is 3. The summed E-state index contributed by atoms with van der Waals surface area (Å²) in [6.07, 6.45) is 1.11. The fourth-order valence-electron chi connectivity index (χ4n) is 6.89. The number of likely N-dealkylation sites (tertiary alicyclic amines) is 1. The van der Waals surface area contributed by atoms with Crippen molar-refractivity contribution in [2.45, 2.75) is 86.0 Å². The van der Waals surface area contributed by atoms with Gasteiger partial charge in [0.15, 0.2) is 9.34 Å². The van der Waals surface area contributed by atoms with Gasteiger partial charge >= 0.3 is 18.5 Å². The number of nitrogens with two attached hydrogens (primary N) is 1. The van der Waals surface area contributed by atoms with Crippen LogP contribution in [0.4, 0.5) is 28.9 Å². The van der Waals surface area contributed by atoms with E-state index in [1.165, 1.54) is 24.5 Å². The number of amides is 1. The fraction of sp³-hybridized carbons (Fsp3) is 0.531. The van der Waals surface area contributed by atoms with Gasteiger partial charge in [-0.3, -0.25) is 4.79 Å². The molecule has 3 aliphatic rings. The number of aromatic nitrogens is 2. The summed E-state index contributed by atoms with van der Waals surface area (Å²) in [5.41, 5.74) is 5.56. The number of carboxylic acids is 1. The van der Waals surface area contributed by atoms with E-state index in [1.807, 2.05) is 4.90 Å². The lowest BCUT2D eigenvalue weighted by molar-refractivity contribution is -0.275. The number of rotatable bonds is 12. The Bertz CT molecular complexity index is 1920. The summed E-state index contributed by atoms with van der Waals surface area (Å²) >= 11 is 0.931. The SMILES string of the molecule is Nc1nccc2cc(C(COC(=O)OC3CCCCC3)[C@H](C(=O)O)N3CC[C@H](NS(=O)(=O)c4cnc(N5CCCC5)s4)C3=O)c(OC(F)(F)F)cc12. The number of nitrogens with one attached hydrogen (secondary N) is 1. The van der Waals surface area contributed by atoms with Crippen LogP contribution in [0.5, 0.6) is 5.75 Å². The van der Waals surface area contributed by atoms with Gasteiger partial charge in [0, 0.05) is 36.8 Å². The van der Waals surface area contributed by atoms with Crippen molar-refractivity contribution in [2.75, 3.05) is 36.9 Å². The standard InChI is InChI=1S/C32H37F3N6O9S2/c33-32(34,35)50-24-15-20-18(8-10-37-27(20)36)14-21(24)22(17-48-31(45)49-19-6-2-1-3-7-19)26(29(43)44)41-13-9-23(28(41)42)39-52(46,47)25-16-38-30(51-25)40-11-4-5-12-40/h8,10,14-16,19,22-23,26,39H,1-7,9,11-13,17H2,(H2,36,37)(H,43,44)/t22?,23-,26+/m0/s1. The van der Waals surface area contributed by atoms with Crippen LogP contribution in [0.2, 0.25) is 0 Å². The molecule has 15 nitrogen and oxygen atoms in total. The van der Waals surface area contributed by atoms with Crippen LogP contribution in [-0.2, 0) is 29.1 Å². The first kappa shape index (κ1) is 37.3. The fourth-order valence-corrected chi connectivity index (χ4v) is 9.30. The molecule has 4 N–H and O–H groups in total. The zero-order valence-corrected chi connectivity index (χ0v) is 29.3. The van der Waals surface area contributed by atoms with E-state index in [0.717, 1.165) is 67.5 Å². The Balaban J connectivity index is 1.31. The molecule has 282 valence electrons. The molecular formula is C32H37F3N6O9S2. The molecular weight excluding hydrogens is 734 g/mol. The third-order valence-electron chi connectivity index (χ3n) is 9.37. The minimum Gasteiger partial charge on any atom is -0.480 e. The number of nitrogen functional groups attached to an aromatic ring is 1. The molecule has 1 saturated carbocycles. The number of ether oxygens (including phenoxy) is 3. The van der Waals surface area contributed by atoms with Crippen LogP contribution < -0.4 is 20.1 Å². The summed E-state index contributed by atoms with van der Waals surface area (Å²) in [5.74, 6) is -5.26. The summed E-state index contributed by atoms with van der Waals surface area (Å²) < 4.78 is 85.4. The average Bonchev–Trinajstić information content (AvgIpc) is 3.86. The Hall–Kier alpha value is -4.43. The largest absolute Gasteiger partial charge is 0.573 e. The van der Waals surface area contributed by atoms with Gasteiger partial charge in [0.05, 0.1) is 12.1 Å². The van der Waals surface area contributed by atoms with Crippen molar-refractivity contribution in [1.82, 2.24) is 19.6 Å². The molecule has 6 rings (SSSR count). The molecule has 0 radical (unpaired) electrons. The third kappa shape index (κ3) is 8.44. The second-order valence-electron chi connectivity index (χ2n) is 12.8. The van der Waals surface area contributed by atoms with Crippen LogP contribution in [0, 0.1) is 0 Å². The van der Waals surface area contributed by atoms with Gasteiger partial charge in [-0.05, 0) is 68.5 Å². The summed E-state index contributed by atoms with van der Waals surface area (Å²) in [7, 11) is -4.28. The van der Waals surface area contributed by atoms with Crippen LogP contribution >= 0.6 is 11.3 Å². The van der Waals surface area contributed by atoms with Crippen molar-refractivity contribution in [3.63, 3.8) is 0 Å². The lowest BCUT2D eigenvalue weighted by atomic mass is 9.88. The maximum Gasteiger partial charge on any atom is 0.573 e. The van der Waals surface area contributed by atoms with Gasteiger partial charge in [0.2, 0.25) is 5.91 Å². The number of hydrogen-bond acceptors (Lipinski definition) is 13. The molecule has 0 spiro atoms. The highest BCUT2D eigenvalue weighted by molar-refractivity contribution is 7.91. The maximum absolute atomic E-state index is 13.8. The van der Waals surface area contributed by atoms with Gasteiger partial charge in [0.1, 0.15) is 36.4 Å². The molecule has 1 aliphatic carbocycles. The lowest BCUT2D eigenvalue weighted by Crippen LogP contribution is -2.50. The number of hydrogen-bond donors (Lipinski definition) is 3. The van der Waals surface area contributed by atoms with Crippen LogP contribution in [0.1, 0.15) is 62.8 Å². The van der Waals surface area contributed by atoms with Gasteiger partial charge in [-0.2, -0.15) is 4.72 Å². The molecule has 1 aromatic carbocycles. The minimum absolute atomic E-state index is 0.0661. The number of carbonyl (C=O) groups excluding carboxylic acids is 2. The Morgan fingerprint density at radius 3 is 2.50 bits per heavy atom. The first-order chi connectivity index (χ1) is 24.7. The summed E-state index contributed by atoms with van der Waals surface area (Å²) in [6.45, 7) is 0.317. The first-order valence-electron chi connectivity index (χ1n) is 16.7. The molecule has 2 saturated heterocycles. The lowest BCUT2D eigenvalue weighted by Gasteiger charge is -2.33. The molecule has 4 heterocycles. The number of fused-ring (bicyclic) bond motifs is 1. The van der Waals surface area contributed by atoms with E-state index in [-0.39, 0.29) is 39.3 Å². The highest BCUT2D eigenvalue weighted by Crippen LogP contribution is 2.40. The molecule has 3 fully saturated rings. The summed E-state index contributed by atoms with van der Waals surface area (Å²) in [4.78, 5) is 50.6. The molecule has 2 aromatic heterocycles. The van der Waals surface area contributed by atoms with Gasteiger partial charge in [-0.1, -0.05) is 17.8 Å². The predicted octanol–water partition coefficient (Wildman–Crippen LogP) is 4.37. The summed E-state index contributed by atoms with van der Waals surface area (Å²) in [6, 6.07) is 0.212. The maximum atomic E-state index is 13.8. The van der Waals surface area contributed by atoms with Crippen LogP contribution in [0.3, 0.4) is 0 Å². The van der Waals surface area contributed by atoms with E-state index < -0.39 is 70.9 Å². The number of halogens is 3. The van der Waals surface area contributed by atoms with E-state index >= 15 is 0 Å². The van der Waals surface area contributed by atoms with E-state index in [4.69, 9.17) is 15.2 Å². The second kappa shape index (κ2) is 15.3. The highest BCUT2D eigenvalue weighted by atomic mass is 32.2. The number of sulfonamides is 1. The monoisotopic (exact) mass is 770 g/mol. The molecule has 20 heteroatoms. The van der Waals surface area contributed by atoms with Gasteiger partial charge in [0.25, 0.3) is 10.0 Å². The average molecular weight is 771 g/mol. The van der Waals surface area contributed by atoms with Crippen molar-refractivity contribution in [1.29, 1.82) is 0 Å². The molecule has 1 unspecified atom stereocenters. The van der Waals surface area contributed by atoms with Gasteiger partial charge in [-0.25, -0.2) is 28.0 Å². The highest BCUT2D eigenvalue weighted by Gasteiger charge is 2.47. The molecule has 3 aromatic rings. The van der Waals surface area contributed by atoms with Gasteiger partial charge < -0.3 is 34.9 Å². The second-order valence-corrected chi connectivity index (χ2v) is 15.8. The van der Waals surface area contributed by atoms with Crippen LogP contribution in [0.25, 0.3) is 10.8 Å². The number of aliphatic carboxylic acids is 1. The van der Waals surface area contributed by atoms with Crippen LogP contribution in [-0.4, -0.2) is 97.2 Å². The topological polar surface area (TPSA) is 204 Å². The first-order valence-corrected chi connectivity index (χ1v) is 19.0. The Morgan fingerprint density at radius 1 is 1.08 bits per heavy atom. The molecule has 3 atom stereocenters. The quantitative estimate of drug-likeness (QED) is 0.219. The number of benzene rings is 1. The van der Waals surface area contributed by atoms with Crippen molar-refractivity contribution in [2.24, 2.45) is 0 Å². The van der Waals surface area contributed by atoms with Crippen molar-refractivity contribution < 1.29 is 55.3 Å². The van der Waals surface area contributed by atoms with E-state index in [0.29, 0.717) is 18.0 Å². The number of pyridine rings is 1. The van der Waals surface area contributed by atoms with Crippen LogP contribution in [0.15, 0.2) is 34.8 Å². The van der Waals surface area contributed by atoms with Crippen molar-refractivity contribution >= 4 is 61.1 Å². The molecule has 0 bridgehead atoms. The molecule has 2 aliphatic heterocycles. The minimum atomic E-state index is -5.25. The smallest absolute Gasteiger partial charge is 0.480 e. The van der Waals surface area contributed by atoms with Gasteiger partial charge in [-0.15, -0.1) is 13.2 Å². The number of carboxylic acid groups (broad SMARTS) is 1. The molecule has 1 amide bonds. The zero-order valence-electron chi connectivity index (χ0n) is 27.7. The zero-order chi connectivity index (χ0) is 37.2.